The maximum Gasteiger partial charge on any atom is 0.0594 e. The minimum Gasteiger partial charge on any atom is -0.378 e. The van der Waals surface area contributed by atoms with Crippen molar-refractivity contribution in [3.05, 3.63) is 58.3 Å². The van der Waals surface area contributed by atoms with Gasteiger partial charge in [-0.25, -0.2) is 0 Å². The topological polar surface area (TPSA) is 24.9 Å². The number of aryl methyl sites for hydroxylation is 1. The van der Waals surface area contributed by atoms with E-state index in [2.05, 4.69) is 32.3 Å². The summed E-state index contributed by atoms with van der Waals surface area (Å²) < 4.78 is 1.07. The van der Waals surface area contributed by atoms with Gasteiger partial charge in [0.25, 0.3) is 0 Å². The quantitative estimate of drug-likeness (QED) is 0.923. The molecule has 1 heterocycles. The molecular weight excluding hydrogens is 264 g/mol. The normalized spacial score (nSPS) is 10.1. The standard InChI is InChI=1S/C13H13BrN2/c1-10-6-7-11(15-8-10)9-16-13-5-3-2-4-12(13)14/h2-8,16H,9H2,1H3. The maximum absolute atomic E-state index is 4.35. The van der Waals surface area contributed by atoms with E-state index in [9.17, 15) is 0 Å². The highest BCUT2D eigenvalue weighted by Crippen LogP contribution is 2.21. The molecule has 1 aromatic carbocycles. The molecule has 0 aliphatic carbocycles. The molecule has 0 saturated carbocycles. The van der Waals surface area contributed by atoms with E-state index >= 15 is 0 Å². The molecule has 2 rings (SSSR count). The second kappa shape index (κ2) is 5.12. The van der Waals surface area contributed by atoms with Crippen molar-refractivity contribution in [2.75, 3.05) is 5.32 Å². The first-order chi connectivity index (χ1) is 7.75. The van der Waals surface area contributed by atoms with Gasteiger partial charge in [-0.3, -0.25) is 4.98 Å². The van der Waals surface area contributed by atoms with Crippen molar-refractivity contribution in [3.63, 3.8) is 0 Å². The van der Waals surface area contributed by atoms with Gasteiger partial charge in [0.2, 0.25) is 0 Å². The molecule has 1 aromatic heterocycles. The van der Waals surface area contributed by atoms with Crippen LogP contribution in [-0.4, -0.2) is 4.98 Å². The zero-order chi connectivity index (χ0) is 11.4. The monoisotopic (exact) mass is 276 g/mol. The summed E-state index contributed by atoms with van der Waals surface area (Å²) in [7, 11) is 0. The highest BCUT2D eigenvalue weighted by molar-refractivity contribution is 9.10. The lowest BCUT2D eigenvalue weighted by molar-refractivity contribution is 1.04. The number of nitrogens with one attached hydrogen (secondary N) is 1. The molecule has 0 aliphatic heterocycles. The number of aromatic nitrogens is 1. The van der Waals surface area contributed by atoms with Crippen LogP contribution in [-0.2, 0) is 6.54 Å². The lowest BCUT2D eigenvalue weighted by atomic mass is 10.2. The van der Waals surface area contributed by atoms with Crippen molar-refractivity contribution in [1.82, 2.24) is 4.98 Å². The van der Waals surface area contributed by atoms with Crippen LogP contribution in [0.5, 0.6) is 0 Å². The number of para-hydroxylation sites is 1. The fraction of sp³-hybridized carbons (Fsp3) is 0.154. The number of benzene rings is 1. The van der Waals surface area contributed by atoms with Gasteiger partial charge in [-0.1, -0.05) is 18.2 Å². The van der Waals surface area contributed by atoms with Crippen LogP contribution in [0.25, 0.3) is 0 Å². The minimum atomic E-state index is 0.739. The van der Waals surface area contributed by atoms with E-state index in [1.807, 2.05) is 43.5 Å². The Kier molecular flexibility index (Phi) is 3.57. The van der Waals surface area contributed by atoms with Crippen LogP contribution in [0, 0.1) is 6.92 Å². The first-order valence-electron chi connectivity index (χ1n) is 5.15. The second-order valence-electron chi connectivity index (χ2n) is 3.66. The van der Waals surface area contributed by atoms with Crippen LogP contribution < -0.4 is 5.32 Å². The number of halogens is 1. The van der Waals surface area contributed by atoms with Gasteiger partial charge >= 0.3 is 0 Å². The lowest BCUT2D eigenvalue weighted by Crippen LogP contribution is -2.01. The van der Waals surface area contributed by atoms with Crippen LogP contribution in [0.1, 0.15) is 11.3 Å². The molecule has 82 valence electrons. The van der Waals surface area contributed by atoms with Gasteiger partial charge in [0.1, 0.15) is 0 Å². The number of anilines is 1. The fourth-order valence-corrected chi connectivity index (χ4v) is 1.82. The predicted molar refractivity (Wildman–Crippen MR) is 70.4 cm³/mol. The molecule has 0 bridgehead atoms. The van der Waals surface area contributed by atoms with E-state index in [4.69, 9.17) is 0 Å². The largest absolute Gasteiger partial charge is 0.378 e. The lowest BCUT2D eigenvalue weighted by Gasteiger charge is -2.07. The van der Waals surface area contributed by atoms with E-state index in [1.165, 1.54) is 5.56 Å². The highest BCUT2D eigenvalue weighted by atomic mass is 79.9. The fourth-order valence-electron chi connectivity index (χ4n) is 1.39. The smallest absolute Gasteiger partial charge is 0.0594 e. The molecule has 0 saturated heterocycles. The van der Waals surface area contributed by atoms with Crippen molar-refractivity contribution in [2.24, 2.45) is 0 Å². The van der Waals surface area contributed by atoms with Gasteiger partial charge < -0.3 is 5.32 Å². The second-order valence-corrected chi connectivity index (χ2v) is 4.51. The molecule has 2 aromatic rings. The van der Waals surface area contributed by atoms with Crippen molar-refractivity contribution >= 4 is 21.6 Å². The molecule has 16 heavy (non-hydrogen) atoms. The molecule has 0 fully saturated rings. The molecule has 0 spiro atoms. The summed E-state index contributed by atoms with van der Waals surface area (Å²) in [5.41, 5.74) is 3.32. The average molecular weight is 277 g/mol. The molecule has 0 unspecified atom stereocenters. The summed E-state index contributed by atoms with van der Waals surface area (Å²) >= 11 is 3.50. The molecule has 3 heteroatoms. The Hall–Kier alpha value is -1.35. The SMILES string of the molecule is Cc1ccc(CNc2ccccc2Br)nc1. The summed E-state index contributed by atoms with van der Waals surface area (Å²) in [6.45, 7) is 2.78. The number of hydrogen-bond acceptors (Lipinski definition) is 2. The summed E-state index contributed by atoms with van der Waals surface area (Å²) in [6.07, 6.45) is 1.89. The number of nitrogens with zero attached hydrogens (tertiary/aromatic N) is 1. The first-order valence-corrected chi connectivity index (χ1v) is 5.95. The van der Waals surface area contributed by atoms with E-state index in [1.54, 1.807) is 0 Å². The third kappa shape index (κ3) is 2.83. The third-order valence-electron chi connectivity index (χ3n) is 2.31. The number of pyridine rings is 1. The summed E-state index contributed by atoms with van der Waals surface area (Å²) in [5.74, 6) is 0. The average Bonchev–Trinajstić information content (AvgIpc) is 2.30. The van der Waals surface area contributed by atoms with Gasteiger partial charge in [0.15, 0.2) is 0 Å². The van der Waals surface area contributed by atoms with E-state index in [0.29, 0.717) is 0 Å². The Morgan fingerprint density at radius 3 is 2.69 bits per heavy atom. The van der Waals surface area contributed by atoms with Gasteiger partial charge in [0.05, 0.1) is 12.2 Å². The predicted octanol–water partition coefficient (Wildman–Crippen LogP) is 3.76. The van der Waals surface area contributed by atoms with E-state index in [0.717, 1.165) is 22.4 Å². The van der Waals surface area contributed by atoms with Crippen LogP contribution in [0.3, 0.4) is 0 Å². The Morgan fingerprint density at radius 2 is 2.00 bits per heavy atom. The zero-order valence-electron chi connectivity index (χ0n) is 9.07. The van der Waals surface area contributed by atoms with Gasteiger partial charge in [-0.2, -0.15) is 0 Å². The molecule has 0 amide bonds. The third-order valence-corrected chi connectivity index (χ3v) is 3.00. The summed E-state index contributed by atoms with van der Waals surface area (Å²) in [4.78, 5) is 4.35. The number of rotatable bonds is 3. The Labute approximate surface area is 104 Å². The molecular formula is C13H13BrN2. The molecule has 0 atom stereocenters. The van der Waals surface area contributed by atoms with Gasteiger partial charge in [-0.05, 0) is 46.6 Å². The van der Waals surface area contributed by atoms with Crippen molar-refractivity contribution in [2.45, 2.75) is 13.5 Å². The first kappa shape index (κ1) is 11.1. The highest BCUT2D eigenvalue weighted by Gasteiger charge is 1.98. The molecule has 1 N–H and O–H groups in total. The van der Waals surface area contributed by atoms with Crippen molar-refractivity contribution in [1.29, 1.82) is 0 Å². The van der Waals surface area contributed by atoms with E-state index in [-0.39, 0.29) is 0 Å². The summed E-state index contributed by atoms with van der Waals surface area (Å²) in [6, 6.07) is 12.2. The van der Waals surface area contributed by atoms with Crippen molar-refractivity contribution < 1.29 is 0 Å². The Balaban J connectivity index is 2.02. The maximum atomic E-state index is 4.35. The zero-order valence-corrected chi connectivity index (χ0v) is 10.7. The van der Waals surface area contributed by atoms with Gasteiger partial charge in [-0.15, -0.1) is 0 Å². The van der Waals surface area contributed by atoms with Crippen LogP contribution >= 0.6 is 15.9 Å². The minimum absolute atomic E-state index is 0.739. The van der Waals surface area contributed by atoms with Crippen LogP contribution in [0.2, 0.25) is 0 Å². The molecule has 0 aliphatic rings. The van der Waals surface area contributed by atoms with Gasteiger partial charge in [0, 0.05) is 16.4 Å². The molecule has 2 nitrogen and oxygen atoms in total. The Morgan fingerprint density at radius 1 is 1.19 bits per heavy atom. The number of hydrogen-bond donors (Lipinski definition) is 1. The van der Waals surface area contributed by atoms with Crippen molar-refractivity contribution in [3.8, 4) is 0 Å². The molecule has 0 radical (unpaired) electrons. The Bertz CT molecular complexity index is 466. The van der Waals surface area contributed by atoms with Crippen LogP contribution in [0.4, 0.5) is 5.69 Å². The van der Waals surface area contributed by atoms with E-state index < -0.39 is 0 Å². The summed E-state index contributed by atoms with van der Waals surface area (Å²) in [5, 5.41) is 3.34. The van der Waals surface area contributed by atoms with Crippen LogP contribution in [0.15, 0.2) is 47.1 Å².